The predicted octanol–water partition coefficient (Wildman–Crippen LogP) is 0.710. The number of carbonyl (C=O) groups excluding carboxylic acids is 1. The number of nitrogens with zero attached hydrogens (tertiary/aromatic N) is 1. The van der Waals surface area contributed by atoms with Gasteiger partial charge in [-0.25, -0.2) is 4.79 Å². The molecule has 92 valence electrons. The van der Waals surface area contributed by atoms with Crippen molar-refractivity contribution in [3.8, 4) is 0 Å². The zero-order valence-corrected chi connectivity index (χ0v) is 10.0. The SMILES string of the molecule is CN(Cc1ccc(Cl)cc1)C(=O)C(N)C(=O)O. The minimum absolute atomic E-state index is 0.289. The summed E-state index contributed by atoms with van der Waals surface area (Å²) >= 11 is 5.72. The zero-order chi connectivity index (χ0) is 13.0. The van der Waals surface area contributed by atoms with Crippen LogP contribution in [0.2, 0.25) is 5.02 Å². The average Bonchev–Trinajstić information content (AvgIpc) is 2.30. The van der Waals surface area contributed by atoms with E-state index >= 15 is 0 Å². The number of hydrogen-bond donors (Lipinski definition) is 2. The molecule has 3 N–H and O–H groups in total. The van der Waals surface area contributed by atoms with Crippen molar-refractivity contribution in [2.24, 2.45) is 5.73 Å². The van der Waals surface area contributed by atoms with Crippen molar-refractivity contribution in [2.45, 2.75) is 12.6 Å². The van der Waals surface area contributed by atoms with Gasteiger partial charge in [-0.1, -0.05) is 23.7 Å². The van der Waals surface area contributed by atoms with E-state index in [0.717, 1.165) is 5.56 Å². The fourth-order valence-electron chi connectivity index (χ4n) is 1.28. The molecule has 0 spiro atoms. The molecule has 0 aliphatic heterocycles. The molecule has 1 aromatic carbocycles. The van der Waals surface area contributed by atoms with Gasteiger partial charge < -0.3 is 15.7 Å². The summed E-state index contributed by atoms with van der Waals surface area (Å²) in [6.45, 7) is 0.289. The molecule has 0 aliphatic carbocycles. The molecule has 0 fully saturated rings. The van der Waals surface area contributed by atoms with Crippen molar-refractivity contribution in [1.82, 2.24) is 4.90 Å². The molecule has 1 aromatic rings. The first-order valence-electron chi connectivity index (χ1n) is 4.89. The highest BCUT2D eigenvalue weighted by molar-refractivity contribution is 6.30. The lowest BCUT2D eigenvalue weighted by Gasteiger charge is -2.19. The number of amides is 1. The summed E-state index contributed by atoms with van der Waals surface area (Å²) in [5.74, 6) is -1.97. The van der Waals surface area contributed by atoms with Crippen LogP contribution in [0.5, 0.6) is 0 Å². The second-order valence-electron chi connectivity index (χ2n) is 3.64. The van der Waals surface area contributed by atoms with E-state index < -0.39 is 17.9 Å². The summed E-state index contributed by atoms with van der Waals surface area (Å²) < 4.78 is 0. The molecule has 0 radical (unpaired) electrons. The van der Waals surface area contributed by atoms with Gasteiger partial charge in [-0.15, -0.1) is 0 Å². The third-order valence-electron chi connectivity index (χ3n) is 2.24. The molecule has 0 heterocycles. The van der Waals surface area contributed by atoms with Crippen molar-refractivity contribution in [1.29, 1.82) is 0 Å². The zero-order valence-electron chi connectivity index (χ0n) is 9.26. The molecule has 0 saturated carbocycles. The molecule has 0 bridgehead atoms. The van der Waals surface area contributed by atoms with Crippen LogP contribution in [0.1, 0.15) is 5.56 Å². The number of halogens is 1. The maximum atomic E-state index is 11.5. The van der Waals surface area contributed by atoms with E-state index in [9.17, 15) is 9.59 Å². The fourth-order valence-corrected chi connectivity index (χ4v) is 1.41. The molecule has 0 saturated heterocycles. The Bertz CT molecular complexity index is 419. The minimum atomic E-state index is -1.52. The van der Waals surface area contributed by atoms with Gasteiger partial charge in [0.2, 0.25) is 0 Å². The van der Waals surface area contributed by atoms with Crippen LogP contribution in [0.25, 0.3) is 0 Å². The number of likely N-dealkylation sites (N-methyl/N-ethyl adjacent to an activating group) is 1. The van der Waals surface area contributed by atoms with Gasteiger partial charge in [-0.2, -0.15) is 0 Å². The van der Waals surface area contributed by atoms with Crippen molar-refractivity contribution in [3.63, 3.8) is 0 Å². The van der Waals surface area contributed by atoms with Crippen LogP contribution < -0.4 is 5.73 Å². The van der Waals surface area contributed by atoms with Crippen molar-refractivity contribution in [2.75, 3.05) is 7.05 Å². The van der Waals surface area contributed by atoms with Gasteiger partial charge in [-0.05, 0) is 17.7 Å². The second-order valence-corrected chi connectivity index (χ2v) is 4.07. The maximum absolute atomic E-state index is 11.5. The summed E-state index contributed by atoms with van der Waals surface area (Å²) in [6, 6.07) is 5.41. The summed E-state index contributed by atoms with van der Waals surface area (Å²) in [7, 11) is 1.50. The van der Waals surface area contributed by atoms with Gasteiger partial charge in [0, 0.05) is 18.6 Å². The Balaban J connectivity index is 2.66. The Labute approximate surface area is 104 Å². The highest BCUT2D eigenvalue weighted by atomic mass is 35.5. The Morgan fingerprint density at radius 1 is 1.41 bits per heavy atom. The lowest BCUT2D eigenvalue weighted by Crippen LogP contribution is -2.46. The third kappa shape index (κ3) is 3.72. The van der Waals surface area contributed by atoms with E-state index in [4.69, 9.17) is 22.4 Å². The van der Waals surface area contributed by atoms with E-state index in [1.807, 2.05) is 0 Å². The predicted molar refractivity (Wildman–Crippen MR) is 63.5 cm³/mol. The lowest BCUT2D eigenvalue weighted by molar-refractivity contribution is -0.146. The standard InChI is InChI=1S/C11H13ClN2O3/c1-14(10(15)9(13)11(16)17)6-7-2-4-8(12)5-3-7/h2-5,9H,6,13H2,1H3,(H,16,17). The van der Waals surface area contributed by atoms with Gasteiger partial charge in [0.25, 0.3) is 5.91 Å². The Hall–Kier alpha value is -1.59. The van der Waals surface area contributed by atoms with Crippen LogP contribution in [0, 0.1) is 0 Å². The van der Waals surface area contributed by atoms with E-state index in [-0.39, 0.29) is 6.54 Å². The molecule has 1 atom stereocenters. The summed E-state index contributed by atoms with van der Waals surface area (Å²) in [6.07, 6.45) is 0. The molecular weight excluding hydrogens is 244 g/mol. The molecule has 1 amide bonds. The van der Waals surface area contributed by atoms with Crippen LogP contribution >= 0.6 is 11.6 Å². The van der Waals surface area contributed by atoms with E-state index in [2.05, 4.69) is 0 Å². The highest BCUT2D eigenvalue weighted by Crippen LogP contribution is 2.11. The second kappa shape index (κ2) is 5.65. The third-order valence-corrected chi connectivity index (χ3v) is 2.49. The fraction of sp³-hybridized carbons (Fsp3) is 0.273. The molecule has 1 unspecified atom stereocenters. The number of carboxylic acids is 1. The Morgan fingerprint density at radius 2 is 1.94 bits per heavy atom. The lowest BCUT2D eigenvalue weighted by atomic mass is 10.2. The molecule has 5 nitrogen and oxygen atoms in total. The molecule has 0 aromatic heterocycles. The number of benzene rings is 1. The van der Waals surface area contributed by atoms with Crippen LogP contribution in [-0.4, -0.2) is 35.0 Å². The normalized spacial score (nSPS) is 11.9. The van der Waals surface area contributed by atoms with Gasteiger partial charge >= 0.3 is 5.97 Å². The quantitative estimate of drug-likeness (QED) is 0.777. The van der Waals surface area contributed by atoms with E-state index in [1.165, 1.54) is 11.9 Å². The van der Waals surface area contributed by atoms with Crippen LogP contribution in [-0.2, 0) is 16.1 Å². The smallest absolute Gasteiger partial charge is 0.330 e. The molecular formula is C11H13ClN2O3. The highest BCUT2D eigenvalue weighted by Gasteiger charge is 2.24. The molecule has 0 aliphatic rings. The van der Waals surface area contributed by atoms with E-state index in [0.29, 0.717) is 5.02 Å². The number of hydrogen-bond acceptors (Lipinski definition) is 3. The first kappa shape index (κ1) is 13.5. The number of carboxylic acid groups (broad SMARTS) is 1. The summed E-state index contributed by atoms with van der Waals surface area (Å²) in [5.41, 5.74) is 6.08. The minimum Gasteiger partial charge on any atom is -0.480 e. The largest absolute Gasteiger partial charge is 0.480 e. The first-order valence-corrected chi connectivity index (χ1v) is 5.27. The van der Waals surface area contributed by atoms with Crippen LogP contribution in [0.3, 0.4) is 0 Å². The average molecular weight is 257 g/mol. The van der Waals surface area contributed by atoms with Gasteiger partial charge in [-0.3, -0.25) is 4.79 Å². The van der Waals surface area contributed by atoms with Crippen LogP contribution in [0.4, 0.5) is 0 Å². The van der Waals surface area contributed by atoms with Gasteiger partial charge in [0.1, 0.15) is 0 Å². The van der Waals surface area contributed by atoms with Gasteiger partial charge in [0.05, 0.1) is 0 Å². The van der Waals surface area contributed by atoms with Crippen molar-refractivity contribution < 1.29 is 14.7 Å². The molecule has 17 heavy (non-hydrogen) atoms. The number of rotatable bonds is 4. The number of nitrogens with two attached hydrogens (primary N) is 1. The molecule has 6 heteroatoms. The molecule has 1 rings (SSSR count). The van der Waals surface area contributed by atoms with Gasteiger partial charge in [0.15, 0.2) is 6.04 Å². The topological polar surface area (TPSA) is 83.6 Å². The van der Waals surface area contributed by atoms with Crippen molar-refractivity contribution in [3.05, 3.63) is 34.9 Å². The van der Waals surface area contributed by atoms with Crippen LogP contribution in [0.15, 0.2) is 24.3 Å². The monoisotopic (exact) mass is 256 g/mol. The summed E-state index contributed by atoms with van der Waals surface area (Å²) in [5, 5.41) is 9.22. The van der Waals surface area contributed by atoms with E-state index in [1.54, 1.807) is 24.3 Å². The number of carbonyl (C=O) groups is 2. The Kier molecular flexibility index (Phi) is 4.48. The summed E-state index contributed by atoms with van der Waals surface area (Å²) in [4.78, 5) is 23.4. The first-order chi connectivity index (χ1) is 7.91. The number of aliphatic carboxylic acids is 1. The van der Waals surface area contributed by atoms with Crippen molar-refractivity contribution >= 4 is 23.5 Å². The Morgan fingerprint density at radius 3 is 2.41 bits per heavy atom. The maximum Gasteiger partial charge on any atom is 0.330 e.